The molecule has 1 saturated carbocycles. The van der Waals surface area contributed by atoms with E-state index in [1.54, 1.807) is 27.9 Å². The predicted molar refractivity (Wildman–Crippen MR) is 146 cm³/mol. The van der Waals surface area contributed by atoms with Gasteiger partial charge in [-0.3, -0.25) is 14.6 Å². The van der Waals surface area contributed by atoms with Gasteiger partial charge in [0.1, 0.15) is 17.4 Å². The average molecular weight is 534 g/mol. The third-order valence-corrected chi connectivity index (χ3v) is 7.27. The van der Waals surface area contributed by atoms with Gasteiger partial charge in [0.15, 0.2) is 5.78 Å². The number of carbonyl (C=O) groups excluding carboxylic acids is 3. The van der Waals surface area contributed by atoms with Crippen molar-refractivity contribution < 1.29 is 33.3 Å². The van der Waals surface area contributed by atoms with Crippen LogP contribution in [0.2, 0.25) is 0 Å². The van der Waals surface area contributed by atoms with Crippen molar-refractivity contribution >= 4 is 23.4 Å². The van der Waals surface area contributed by atoms with Gasteiger partial charge in [0.2, 0.25) is 0 Å². The molecule has 1 fully saturated rings. The van der Waals surface area contributed by atoms with E-state index in [1.807, 2.05) is 55.5 Å². The number of Topliss-reactive ketones (excluding diaryl/α,β-unsaturated/α-hetero) is 1. The van der Waals surface area contributed by atoms with Gasteiger partial charge in [-0.15, -0.1) is 0 Å². The van der Waals surface area contributed by atoms with Crippen LogP contribution < -0.4 is 9.47 Å². The fourth-order valence-electron chi connectivity index (χ4n) is 5.72. The summed E-state index contributed by atoms with van der Waals surface area (Å²) in [7, 11) is 1.56. The number of esters is 2. The summed E-state index contributed by atoms with van der Waals surface area (Å²) in [5.74, 6) is -3.29. The van der Waals surface area contributed by atoms with Crippen molar-refractivity contribution in [2.75, 3.05) is 26.9 Å². The smallest absolute Gasteiger partial charge is 0.336 e. The number of ketones is 1. The van der Waals surface area contributed by atoms with Crippen LogP contribution in [-0.4, -0.2) is 50.4 Å². The maximum Gasteiger partial charge on any atom is 0.336 e. The molecule has 0 aromatic heterocycles. The molecule has 1 unspecified atom stereocenters. The number of fused-ring (bicyclic) bond motifs is 1. The molecule has 2 aliphatic rings. The first-order valence-corrected chi connectivity index (χ1v) is 13.4. The maximum atomic E-state index is 14.4. The Labute approximate surface area is 229 Å². The molecule has 0 amide bonds. The van der Waals surface area contributed by atoms with Crippen molar-refractivity contribution in [3.63, 3.8) is 0 Å². The van der Waals surface area contributed by atoms with Crippen molar-refractivity contribution in [2.24, 2.45) is 16.8 Å². The molecule has 0 N–H and O–H groups in total. The lowest BCUT2D eigenvalue weighted by Crippen LogP contribution is -2.48. The first-order valence-electron chi connectivity index (χ1n) is 13.4. The summed E-state index contributed by atoms with van der Waals surface area (Å²) in [4.78, 5) is 45.8. The van der Waals surface area contributed by atoms with Gasteiger partial charge >= 0.3 is 11.9 Å². The zero-order chi connectivity index (χ0) is 28.1. The third kappa shape index (κ3) is 5.46. The Bertz CT molecular complexity index is 1290. The molecule has 2 aromatic carbocycles. The lowest BCUT2D eigenvalue weighted by Gasteiger charge is -2.41. The minimum Gasteiger partial charge on any atom is -0.496 e. The first kappa shape index (κ1) is 28.1. The van der Waals surface area contributed by atoms with Gasteiger partial charge in [-0.05, 0) is 63.4 Å². The van der Waals surface area contributed by atoms with E-state index in [2.05, 4.69) is 0 Å². The molecule has 0 spiro atoms. The first-order chi connectivity index (χ1) is 18.9. The highest BCUT2D eigenvalue weighted by Crippen LogP contribution is 2.49. The van der Waals surface area contributed by atoms with E-state index in [9.17, 15) is 14.4 Å². The van der Waals surface area contributed by atoms with Crippen molar-refractivity contribution in [1.82, 2.24) is 0 Å². The summed E-state index contributed by atoms with van der Waals surface area (Å²) in [6, 6.07) is 14.7. The number of para-hydroxylation sites is 1. The van der Waals surface area contributed by atoms with Crippen LogP contribution in [0.4, 0.5) is 0 Å². The van der Waals surface area contributed by atoms with Gasteiger partial charge in [0.25, 0.3) is 0 Å². The molecule has 206 valence electrons. The van der Waals surface area contributed by atoms with E-state index in [1.165, 1.54) is 0 Å². The Morgan fingerprint density at radius 1 is 0.923 bits per heavy atom. The number of methoxy groups -OCH3 is 1. The number of hydrogen-bond acceptors (Lipinski definition) is 8. The Kier molecular flexibility index (Phi) is 8.84. The topological polar surface area (TPSA) is 100 Å². The van der Waals surface area contributed by atoms with Gasteiger partial charge < -0.3 is 18.9 Å². The maximum absolute atomic E-state index is 14.4. The van der Waals surface area contributed by atoms with Crippen LogP contribution in [0.1, 0.15) is 57.1 Å². The summed E-state index contributed by atoms with van der Waals surface area (Å²) < 4.78 is 22.0. The molecule has 8 heteroatoms. The van der Waals surface area contributed by atoms with Gasteiger partial charge in [0, 0.05) is 23.2 Å². The Hall–Kier alpha value is -3.94. The third-order valence-electron chi connectivity index (χ3n) is 7.27. The molecule has 1 aliphatic carbocycles. The van der Waals surface area contributed by atoms with E-state index in [0.29, 0.717) is 41.5 Å². The minimum absolute atomic E-state index is 0.141. The van der Waals surface area contributed by atoms with Crippen molar-refractivity contribution in [3.05, 3.63) is 70.9 Å². The highest BCUT2D eigenvalue weighted by atomic mass is 16.5. The Morgan fingerprint density at radius 3 is 2.26 bits per heavy atom. The second-order valence-corrected chi connectivity index (χ2v) is 9.46. The number of hydrogen-bond donors (Lipinski definition) is 0. The monoisotopic (exact) mass is 533 g/mol. The van der Waals surface area contributed by atoms with Crippen molar-refractivity contribution in [2.45, 2.75) is 46.0 Å². The second kappa shape index (κ2) is 12.3. The number of nitrogens with zero attached hydrogens (tertiary/aromatic N) is 1. The summed E-state index contributed by atoms with van der Waals surface area (Å²) in [6.07, 6.45) is 0.335. The van der Waals surface area contributed by atoms with Crippen LogP contribution in [0.25, 0.3) is 0 Å². The number of rotatable bonds is 9. The number of allylic oxidation sites excluding steroid dienone is 1. The van der Waals surface area contributed by atoms with Crippen LogP contribution >= 0.6 is 0 Å². The molecule has 4 rings (SSSR count). The lowest BCUT2D eigenvalue weighted by molar-refractivity contribution is -0.153. The summed E-state index contributed by atoms with van der Waals surface area (Å²) in [5, 5.41) is 0. The quantitative estimate of drug-likeness (QED) is 0.330. The van der Waals surface area contributed by atoms with Gasteiger partial charge in [-0.2, -0.15) is 0 Å². The molecular formula is C31H35NO7. The van der Waals surface area contributed by atoms with E-state index in [0.717, 1.165) is 11.1 Å². The van der Waals surface area contributed by atoms with Gasteiger partial charge in [0.05, 0.1) is 38.4 Å². The molecule has 0 bridgehead atoms. The van der Waals surface area contributed by atoms with Crippen LogP contribution in [0.3, 0.4) is 0 Å². The van der Waals surface area contributed by atoms with E-state index in [-0.39, 0.29) is 19.0 Å². The van der Waals surface area contributed by atoms with Crippen molar-refractivity contribution in [1.29, 1.82) is 0 Å². The molecule has 8 nitrogen and oxygen atoms in total. The van der Waals surface area contributed by atoms with E-state index in [4.69, 9.17) is 23.9 Å². The SMILES string of the molecule is CCOC(=O)C1=C(C)N=C2C[C@H](c3ccccc3OC)[C@H](C(=O)OCC)C(=O)C2[C@@H]1c1ccc(OCC)cc1. The zero-order valence-electron chi connectivity index (χ0n) is 23.1. The fraction of sp³-hybridized carbons (Fsp3) is 0.419. The molecule has 0 saturated heterocycles. The fourth-order valence-corrected chi connectivity index (χ4v) is 5.72. The average Bonchev–Trinajstić information content (AvgIpc) is 2.93. The van der Waals surface area contributed by atoms with Crippen LogP contribution in [0.5, 0.6) is 11.5 Å². The number of aliphatic imine (C=N–C) groups is 1. The highest BCUT2D eigenvalue weighted by Gasteiger charge is 2.53. The van der Waals surface area contributed by atoms with E-state index >= 15 is 0 Å². The molecule has 4 atom stereocenters. The Morgan fingerprint density at radius 2 is 1.62 bits per heavy atom. The lowest BCUT2D eigenvalue weighted by atomic mass is 9.62. The minimum atomic E-state index is -1.09. The highest BCUT2D eigenvalue weighted by molar-refractivity contribution is 6.18. The number of benzene rings is 2. The van der Waals surface area contributed by atoms with Gasteiger partial charge in [-0.25, -0.2) is 4.79 Å². The molecule has 39 heavy (non-hydrogen) atoms. The van der Waals surface area contributed by atoms with E-state index < -0.39 is 35.6 Å². The van der Waals surface area contributed by atoms with Crippen LogP contribution in [-0.2, 0) is 23.9 Å². The molecule has 0 radical (unpaired) electrons. The standard InChI is InChI=1S/C31H35NO7/c1-6-37-20-15-13-19(14-16-20)26-25(30(34)38-7-2)18(4)32-23-17-22(21-11-9-10-12-24(21)36-5)27(29(33)28(23)26)31(35)39-8-3/h9-16,22,26-28H,6-8,17H2,1-5H3/t22-,26-,27+,28?/m1/s1. The van der Waals surface area contributed by atoms with Crippen molar-refractivity contribution in [3.8, 4) is 11.5 Å². The predicted octanol–water partition coefficient (Wildman–Crippen LogP) is 5.02. The Balaban J connectivity index is 1.88. The second-order valence-electron chi connectivity index (χ2n) is 9.46. The molecular weight excluding hydrogens is 498 g/mol. The van der Waals surface area contributed by atoms with Crippen LogP contribution in [0, 0.1) is 11.8 Å². The molecule has 1 heterocycles. The summed E-state index contributed by atoms with van der Waals surface area (Å²) in [5.41, 5.74) is 2.93. The normalized spacial score (nSPS) is 22.5. The van der Waals surface area contributed by atoms with Gasteiger partial charge in [-0.1, -0.05) is 30.3 Å². The largest absolute Gasteiger partial charge is 0.496 e. The summed E-state index contributed by atoms with van der Waals surface area (Å²) >= 11 is 0. The molecule has 1 aliphatic heterocycles. The number of carbonyl (C=O) groups is 3. The number of ether oxygens (including phenoxy) is 4. The zero-order valence-corrected chi connectivity index (χ0v) is 23.1. The van der Waals surface area contributed by atoms with Crippen LogP contribution in [0.15, 0.2) is 64.8 Å². The molecule has 2 aromatic rings. The summed E-state index contributed by atoms with van der Waals surface area (Å²) in [6.45, 7) is 7.94.